The zero-order valence-electron chi connectivity index (χ0n) is 14.0. The summed E-state index contributed by atoms with van der Waals surface area (Å²) in [6.45, 7) is 3.95. The zero-order chi connectivity index (χ0) is 18.2. The van der Waals surface area contributed by atoms with Crippen LogP contribution in [0.1, 0.15) is 25.8 Å². The van der Waals surface area contributed by atoms with Gasteiger partial charge in [-0.15, -0.1) is 0 Å². The van der Waals surface area contributed by atoms with Crippen LogP contribution in [0, 0.1) is 0 Å². The first-order valence-corrected chi connectivity index (χ1v) is 9.30. The fourth-order valence-corrected chi connectivity index (χ4v) is 4.16. The summed E-state index contributed by atoms with van der Waals surface area (Å²) in [7, 11) is -4.24. The van der Waals surface area contributed by atoms with Gasteiger partial charge >= 0.3 is 6.09 Å². The van der Waals surface area contributed by atoms with Crippen molar-refractivity contribution in [3.8, 4) is 5.75 Å². The van der Waals surface area contributed by atoms with E-state index in [0.717, 1.165) is 12.0 Å². The highest BCUT2D eigenvalue weighted by Crippen LogP contribution is 2.35. The van der Waals surface area contributed by atoms with Gasteiger partial charge in [0.25, 0.3) is 10.0 Å². The maximum Gasteiger partial charge on any atom is 0.426 e. The second-order valence-electron chi connectivity index (χ2n) is 6.52. The lowest BCUT2D eigenvalue weighted by molar-refractivity contribution is 0.0845. The third-order valence-electron chi connectivity index (χ3n) is 4.12. The molecular formula is C18H19NO5S. The van der Waals surface area contributed by atoms with Crippen molar-refractivity contribution >= 4 is 21.8 Å². The highest BCUT2D eigenvalue weighted by molar-refractivity contribution is 7.93. The molecule has 0 aliphatic carbocycles. The van der Waals surface area contributed by atoms with E-state index in [-0.39, 0.29) is 16.2 Å². The van der Waals surface area contributed by atoms with E-state index < -0.39 is 16.1 Å². The standard InChI is InChI=1S/C18H19NO5S/c1-18(2)11-10-13-12-15(8-9-16(13)24-18)25(22,23)19(17(20)21)14-6-4-3-5-7-14/h3-9,12H,10-11H2,1-2H3,(H,20,21). The lowest BCUT2D eigenvalue weighted by Gasteiger charge is -2.32. The number of fused-ring (bicyclic) bond motifs is 1. The largest absolute Gasteiger partial charge is 0.488 e. The normalized spacial score (nSPS) is 15.8. The summed E-state index contributed by atoms with van der Waals surface area (Å²) < 4.78 is 32.0. The molecule has 132 valence electrons. The Labute approximate surface area is 146 Å². The van der Waals surface area contributed by atoms with Gasteiger partial charge in [0, 0.05) is 0 Å². The van der Waals surface area contributed by atoms with Crippen molar-refractivity contribution in [1.29, 1.82) is 0 Å². The lowest BCUT2D eigenvalue weighted by Crippen LogP contribution is -2.36. The molecule has 6 nitrogen and oxygen atoms in total. The molecule has 1 N–H and O–H groups in total. The minimum absolute atomic E-state index is 0.0687. The Morgan fingerprint density at radius 2 is 1.84 bits per heavy atom. The van der Waals surface area contributed by atoms with Crippen LogP contribution in [-0.2, 0) is 16.4 Å². The molecule has 2 aromatic rings. The molecule has 0 radical (unpaired) electrons. The molecule has 0 spiro atoms. The van der Waals surface area contributed by atoms with Crippen molar-refractivity contribution in [3.63, 3.8) is 0 Å². The van der Waals surface area contributed by atoms with E-state index in [9.17, 15) is 18.3 Å². The van der Waals surface area contributed by atoms with Crippen LogP contribution in [0.3, 0.4) is 0 Å². The van der Waals surface area contributed by atoms with E-state index in [1.165, 1.54) is 24.3 Å². The zero-order valence-corrected chi connectivity index (χ0v) is 14.8. The first-order valence-electron chi connectivity index (χ1n) is 7.86. The number of anilines is 1. The minimum atomic E-state index is -4.24. The van der Waals surface area contributed by atoms with Crippen molar-refractivity contribution in [3.05, 3.63) is 54.1 Å². The molecule has 2 aromatic carbocycles. The van der Waals surface area contributed by atoms with Crippen LogP contribution in [0.15, 0.2) is 53.4 Å². The maximum absolute atomic E-state index is 12.9. The number of hydrogen-bond donors (Lipinski definition) is 1. The average Bonchev–Trinajstić information content (AvgIpc) is 2.54. The Hall–Kier alpha value is -2.54. The molecule has 1 amide bonds. The molecule has 0 atom stereocenters. The molecule has 0 aromatic heterocycles. The van der Waals surface area contributed by atoms with Gasteiger partial charge in [0.15, 0.2) is 0 Å². The molecule has 1 heterocycles. The van der Waals surface area contributed by atoms with Crippen LogP contribution in [0.5, 0.6) is 5.75 Å². The number of ether oxygens (including phenoxy) is 1. The number of amides is 1. The average molecular weight is 361 g/mol. The highest BCUT2D eigenvalue weighted by atomic mass is 32.2. The molecular weight excluding hydrogens is 342 g/mol. The van der Waals surface area contributed by atoms with Crippen molar-refractivity contribution < 1.29 is 23.1 Å². The van der Waals surface area contributed by atoms with Gasteiger partial charge in [0.1, 0.15) is 11.4 Å². The third kappa shape index (κ3) is 3.32. The fourth-order valence-electron chi connectivity index (χ4n) is 2.82. The van der Waals surface area contributed by atoms with Gasteiger partial charge in [-0.1, -0.05) is 18.2 Å². The second-order valence-corrected chi connectivity index (χ2v) is 8.31. The molecule has 0 saturated carbocycles. The van der Waals surface area contributed by atoms with Crippen LogP contribution < -0.4 is 9.04 Å². The Kier molecular flexibility index (Phi) is 4.20. The number of hydrogen-bond acceptors (Lipinski definition) is 4. The quantitative estimate of drug-likeness (QED) is 0.902. The van der Waals surface area contributed by atoms with Crippen molar-refractivity contribution in [2.45, 2.75) is 37.2 Å². The Balaban J connectivity index is 2.04. The van der Waals surface area contributed by atoms with Gasteiger partial charge < -0.3 is 9.84 Å². The smallest absolute Gasteiger partial charge is 0.426 e. The number of nitrogens with zero attached hydrogens (tertiary/aromatic N) is 1. The summed E-state index contributed by atoms with van der Waals surface area (Å²) >= 11 is 0. The minimum Gasteiger partial charge on any atom is -0.488 e. The van der Waals surface area contributed by atoms with E-state index in [2.05, 4.69) is 0 Å². The van der Waals surface area contributed by atoms with E-state index in [1.54, 1.807) is 24.3 Å². The van der Waals surface area contributed by atoms with Crippen LogP contribution >= 0.6 is 0 Å². The Morgan fingerprint density at radius 3 is 2.48 bits per heavy atom. The summed E-state index contributed by atoms with van der Waals surface area (Å²) in [4.78, 5) is 11.5. The van der Waals surface area contributed by atoms with E-state index >= 15 is 0 Å². The highest BCUT2D eigenvalue weighted by Gasteiger charge is 2.33. The van der Waals surface area contributed by atoms with Crippen molar-refractivity contribution in [2.75, 3.05) is 4.31 Å². The van der Waals surface area contributed by atoms with Crippen LogP contribution in [-0.4, -0.2) is 25.2 Å². The molecule has 3 rings (SSSR count). The summed E-state index contributed by atoms with van der Waals surface area (Å²) in [6.07, 6.45) is -0.129. The predicted octanol–water partition coefficient (Wildman–Crippen LogP) is 3.66. The first-order chi connectivity index (χ1) is 11.7. The number of aryl methyl sites for hydroxylation is 1. The molecule has 1 aliphatic heterocycles. The second kappa shape index (κ2) is 6.07. The maximum atomic E-state index is 12.9. The van der Waals surface area contributed by atoms with Gasteiger partial charge in [0.05, 0.1) is 10.6 Å². The molecule has 0 fully saturated rings. The number of carboxylic acid groups (broad SMARTS) is 1. The number of sulfonamides is 1. The summed E-state index contributed by atoms with van der Waals surface area (Å²) in [6, 6.07) is 12.2. The van der Waals surface area contributed by atoms with Gasteiger partial charge in [0.2, 0.25) is 0 Å². The summed E-state index contributed by atoms with van der Waals surface area (Å²) in [5, 5.41) is 9.45. The topological polar surface area (TPSA) is 83.9 Å². The van der Waals surface area contributed by atoms with E-state index in [1.807, 2.05) is 13.8 Å². The number of carbonyl (C=O) groups is 1. The monoisotopic (exact) mass is 361 g/mol. The lowest BCUT2D eigenvalue weighted by atomic mass is 9.94. The van der Waals surface area contributed by atoms with Crippen molar-refractivity contribution in [1.82, 2.24) is 0 Å². The van der Waals surface area contributed by atoms with Gasteiger partial charge in [-0.25, -0.2) is 13.2 Å². The number of benzene rings is 2. The van der Waals surface area contributed by atoms with Crippen LogP contribution in [0.4, 0.5) is 10.5 Å². The van der Waals surface area contributed by atoms with Gasteiger partial charge in [-0.05, 0) is 62.6 Å². The number of para-hydroxylation sites is 1. The fraction of sp³-hybridized carbons (Fsp3) is 0.278. The first kappa shape index (κ1) is 17.3. The third-order valence-corrected chi connectivity index (χ3v) is 5.81. The van der Waals surface area contributed by atoms with E-state index in [0.29, 0.717) is 16.5 Å². The van der Waals surface area contributed by atoms with Crippen LogP contribution in [0.2, 0.25) is 0 Å². The Morgan fingerprint density at radius 1 is 1.16 bits per heavy atom. The molecule has 0 saturated heterocycles. The molecule has 1 aliphatic rings. The molecule has 7 heteroatoms. The predicted molar refractivity (Wildman–Crippen MR) is 93.6 cm³/mol. The summed E-state index contributed by atoms with van der Waals surface area (Å²) in [5.74, 6) is 0.636. The van der Waals surface area contributed by atoms with Crippen molar-refractivity contribution in [2.24, 2.45) is 0 Å². The number of rotatable bonds is 3. The molecule has 0 bridgehead atoms. The van der Waals surface area contributed by atoms with Gasteiger partial charge in [-0.2, -0.15) is 4.31 Å². The Bertz CT molecular complexity index is 906. The van der Waals surface area contributed by atoms with E-state index in [4.69, 9.17) is 4.74 Å². The van der Waals surface area contributed by atoms with Gasteiger partial charge in [-0.3, -0.25) is 0 Å². The molecule has 25 heavy (non-hydrogen) atoms. The molecule has 0 unspecified atom stereocenters. The SMILES string of the molecule is CC1(C)CCc2cc(S(=O)(=O)N(C(=O)O)c3ccccc3)ccc2O1. The summed E-state index contributed by atoms with van der Waals surface area (Å²) in [5.41, 5.74) is 0.536. The van der Waals surface area contributed by atoms with Crippen LogP contribution in [0.25, 0.3) is 0 Å².